The molecule has 2 saturated heterocycles. The number of hydrogen-bond donors (Lipinski definition) is 6. The first-order valence-electron chi connectivity index (χ1n) is 17.4. The largest absolute Gasteiger partial charge is 0.480 e. The van der Waals surface area contributed by atoms with Crippen molar-refractivity contribution in [2.75, 3.05) is 26.2 Å². The number of rotatable bonds is 16. The van der Waals surface area contributed by atoms with Gasteiger partial charge in [0, 0.05) is 40.4 Å². The van der Waals surface area contributed by atoms with Crippen molar-refractivity contribution in [3.05, 3.63) is 0 Å². The maximum absolute atomic E-state index is 13.9. The van der Waals surface area contributed by atoms with Gasteiger partial charge in [0.25, 0.3) is 0 Å². The molecule has 0 spiro atoms. The van der Waals surface area contributed by atoms with Crippen LogP contribution in [0.2, 0.25) is 0 Å². The van der Waals surface area contributed by atoms with Crippen LogP contribution < -0.4 is 21.3 Å². The molecular weight excluding hydrogens is 684 g/mol. The van der Waals surface area contributed by atoms with Gasteiger partial charge >= 0.3 is 11.9 Å². The quantitative estimate of drug-likeness (QED) is 0.0474. The topological polar surface area (TPSA) is 265 Å². The van der Waals surface area contributed by atoms with E-state index in [2.05, 4.69) is 21.3 Å². The number of carboxylic acids is 1. The lowest BCUT2D eigenvalue weighted by atomic mass is 10.0. The van der Waals surface area contributed by atoms with Gasteiger partial charge in [-0.1, -0.05) is 13.8 Å². The number of imide groups is 1. The number of amides is 7. The van der Waals surface area contributed by atoms with E-state index in [1.54, 1.807) is 20.8 Å². The molecule has 5 atom stereocenters. The Morgan fingerprint density at radius 2 is 1.35 bits per heavy atom. The van der Waals surface area contributed by atoms with E-state index in [-0.39, 0.29) is 57.8 Å². The summed E-state index contributed by atoms with van der Waals surface area (Å²) in [5, 5.41) is 27.9. The molecule has 0 unspecified atom stereocenters. The molecule has 52 heavy (non-hydrogen) atoms. The Morgan fingerprint density at radius 1 is 0.827 bits per heavy atom. The summed E-state index contributed by atoms with van der Waals surface area (Å²) in [5.41, 5.74) is 0. The monoisotopic (exact) mass is 736 g/mol. The van der Waals surface area contributed by atoms with Crippen molar-refractivity contribution >= 4 is 59.2 Å². The molecule has 290 valence electrons. The summed E-state index contributed by atoms with van der Waals surface area (Å²) in [7, 11) is 0. The minimum absolute atomic E-state index is 0.00598. The Bertz CT molecular complexity index is 1390. The van der Waals surface area contributed by atoms with Crippen LogP contribution in [0.5, 0.6) is 0 Å². The zero-order chi connectivity index (χ0) is 39.3. The second-order valence-electron chi connectivity index (χ2n) is 13.1. The molecule has 0 aliphatic carbocycles. The van der Waals surface area contributed by atoms with Crippen molar-refractivity contribution in [2.45, 2.75) is 117 Å². The van der Waals surface area contributed by atoms with E-state index in [4.69, 9.17) is 10.1 Å². The second kappa shape index (κ2) is 20.1. The van der Waals surface area contributed by atoms with Crippen molar-refractivity contribution < 1.29 is 53.0 Å². The Labute approximate surface area is 302 Å². The third-order valence-electron chi connectivity index (χ3n) is 8.69. The van der Waals surface area contributed by atoms with Crippen molar-refractivity contribution in [3.63, 3.8) is 0 Å². The van der Waals surface area contributed by atoms with Crippen LogP contribution in [0.1, 0.15) is 86.5 Å². The first kappa shape index (κ1) is 43.1. The predicted molar refractivity (Wildman–Crippen MR) is 183 cm³/mol. The normalized spacial score (nSPS) is 18.4. The summed E-state index contributed by atoms with van der Waals surface area (Å²) in [5.74, 6) is -7.31. The van der Waals surface area contributed by atoms with E-state index in [1.165, 1.54) is 16.7 Å². The Balaban J connectivity index is 2.17. The molecule has 2 heterocycles. The number of carbonyl (C=O) groups excluding carboxylic acids is 8. The number of hydrogen-bond acceptors (Lipinski definition) is 11. The minimum Gasteiger partial charge on any atom is -0.480 e. The highest BCUT2D eigenvalue weighted by Crippen LogP contribution is 2.23. The maximum Gasteiger partial charge on any atom is 0.326 e. The van der Waals surface area contributed by atoms with Gasteiger partial charge in [-0.25, -0.2) is 9.69 Å². The summed E-state index contributed by atoms with van der Waals surface area (Å²) in [6, 6.07) is -5.83. The molecule has 19 heteroatoms. The predicted octanol–water partition coefficient (Wildman–Crippen LogP) is -1.16. The number of ether oxygens (including phenoxy) is 1. The summed E-state index contributed by atoms with van der Waals surface area (Å²) < 4.78 is 5.03. The molecule has 0 aromatic heterocycles. The third kappa shape index (κ3) is 12.0. The van der Waals surface area contributed by atoms with Gasteiger partial charge in [-0.2, -0.15) is 0 Å². The number of nitrogens with one attached hydrogen (secondary N) is 5. The first-order chi connectivity index (χ1) is 24.4. The fourth-order valence-corrected chi connectivity index (χ4v) is 6.23. The zero-order valence-electron chi connectivity index (χ0n) is 30.6. The number of nitrogens with zero attached hydrogens (tertiary/aromatic N) is 3. The number of carboxylic acid groups (broad SMARTS) is 1. The average molecular weight is 737 g/mol. The molecule has 6 N–H and O–H groups in total. The lowest BCUT2D eigenvalue weighted by molar-refractivity contribution is -0.150. The van der Waals surface area contributed by atoms with E-state index in [1.807, 2.05) is 0 Å². The molecule has 7 amide bonds. The van der Waals surface area contributed by atoms with Crippen LogP contribution in [-0.2, 0) is 47.9 Å². The lowest BCUT2D eigenvalue weighted by Gasteiger charge is -2.32. The van der Waals surface area contributed by atoms with Gasteiger partial charge in [0.1, 0.15) is 30.2 Å². The van der Waals surface area contributed by atoms with Crippen molar-refractivity contribution in [3.8, 4) is 0 Å². The van der Waals surface area contributed by atoms with Gasteiger partial charge in [0.15, 0.2) is 0 Å². The summed E-state index contributed by atoms with van der Waals surface area (Å²) in [4.78, 5) is 117. The summed E-state index contributed by atoms with van der Waals surface area (Å²) in [6.07, 6.45) is 0.775. The maximum atomic E-state index is 13.9. The third-order valence-corrected chi connectivity index (χ3v) is 8.69. The van der Waals surface area contributed by atoms with Crippen molar-refractivity contribution in [1.82, 2.24) is 36.0 Å². The molecule has 0 saturated carbocycles. The van der Waals surface area contributed by atoms with Gasteiger partial charge in [0.05, 0.1) is 13.0 Å². The Kier molecular flexibility index (Phi) is 16.6. The molecule has 0 radical (unpaired) electrons. The second-order valence-corrected chi connectivity index (χ2v) is 13.1. The zero-order valence-corrected chi connectivity index (χ0v) is 30.6. The van der Waals surface area contributed by atoms with Crippen LogP contribution in [0.3, 0.4) is 0 Å². The Hall–Kier alpha value is -5.10. The molecule has 2 aliphatic rings. The molecule has 0 aromatic rings. The molecule has 19 nitrogen and oxygen atoms in total. The standard InChI is InChI=1S/C33H52N8O11/c1-7-52-26(45)17-23(38-29(47)25-13-10-16-40(25)31(49)27(18(2)3)36-19(4)42)30(48)39-15-9-12-24(39)28(46)37-22(32(50)51)11-8-14-35-33(34)41(20(5)43)21(6)44/h18,22-25,27H,7-17H2,1-6H3,(H2,34,35)(H,36,42)(H,37,46)(H,38,47)(H,50,51)/t22-,23-,24-,25-,27-/m0/s1. The van der Waals surface area contributed by atoms with Crippen LogP contribution in [0.15, 0.2) is 0 Å². The first-order valence-corrected chi connectivity index (χ1v) is 17.4. The highest BCUT2D eigenvalue weighted by Gasteiger charge is 2.43. The number of carbonyl (C=O) groups is 9. The fourth-order valence-electron chi connectivity index (χ4n) is 6.23. The van der Waals surface area contributed by atoms with E-state index < -0.39 is 95.9 Å². The molecule has 0 aromatic carbocycles. The highest BCUT2D eigenvalue weighted by atomic mass is 16.5. The van der Waals surface area contributed by atoms with Crippen LogP contribution >= 0.6 is 0 Å². The molecular formula is C33H52N8O11. The van der Waals surface area contributed by atoms with Crippen LogP contribution in [0.4, 0.5) is 0 Å². The Morgan fingerprint density at radius 3 is 1.81 bits per heavy atom. The SMILES string of the molecule is CCOC(=O)C[C@H](NC(=O)[C@@H]1CCCN1C(=O)[C@@H](NC(C)=O)C(C)C)C(=O)N1CCC[C@H]1C(=O)N[C@@H](CCCNC(=N)N(C(C)=O)C(C)=O)C(=O)O. The van der Waals surface area contributed by atoms with Crippen molar-refractivity contribution in [1.29, 1.82) is 5.41 Å². The summed E-state index contributed by atoms with van der Waals surface area (Å²) >= 11 is 0. The van der Waals surface area contributed by atoms with Gasteiger partial charge in [-0.15, -0.1) is 0 Å². The van der Waals surface area contributed by atoms with Gasteiger partial charge < -0.3 is 40.9 Å². The molecule has 0 bridgehead atoms. The van der Waals surface area contributed by atoms with Gasteiger partial charge in [-0.3, -0.25) is 43.8 Å². The van der Waals surface area contributed by atoms with Crippen LogP contribution in [-0.4, -0.2) is 136 Å². The van der Waals surface area contributed by atoms with Crippen molar-refractivity contribution in [2.24, 2.45) is 5.92 Å². The average Bonchev–Trinajstić information content (AvgIpc) is 3.74. The molecule has 2 aliphatic heterocycles. The molecule has 2 fully saturated rings. The number of aliphatic carboxylic acids is 1. The number of guanidine groups is 1. The van der Waals surface area contributed by atoms with Gasteiger partial charge in [-0.05, 0) is 51.4 Å². The summed E-state index contributed by atoms with van der Waals surface area (Å²) in [6.45, 7) is 8.93. The smallest absolute Gasteiger partial charge is 0.326 e. The highest BCUT2D eigenvalue weighted by molar-refractivity contribution is 6.09. The number of likely N-dealkylation sites (tertiary alicyclic amines) is 2. The van der Waals surface area contributed by atoms with E-state index in [0.29, 0.717) is 17.7 Å². The van der Waals surface area contributed by atoms with E-state index in [9.17, 15) is 48.3 Å². The van der Waals surface area contributed by atoms with E-state index >= 15 is 0 Å². The fraction of sp³-hybridized carbons (Fsp3) is 0.697. The van der Waals surface area contributed by atoms with Crippen LogP contribution in [0.25, 0.3) is 0 Å². The van der Waals surface area contributed by atoms with Crippen LogP contribution in [0, 0.1) is 11.3 Å². The van der Waals surface area contributed by atoms with E-state index in [0.717, 1.165) is 13.8 Å². The molecule has 2 rings (SSSR count). The minimum atomic E-state index is -1.46. The number of esters is 1. The lowest BCUT2D eigenvalue weighted by Crippen LogP contribution is -2.59. The van der Waals surface area contributed by atoms with Gasteiger partial charge in [0.2, 0.25) is 47.3 Å².